The van der Waals surface area contributed by atoms with E-state index in [0.29, 0.717) is 24.5 Å². The Hall–Kier alpha value is -3.27. The van der Waals surface area contributed by atoms with Crippen LogP contribution in [0.1, 0.15) is 37.4 Å². The fourth-order valence-electron chi connectivity index (χ4n) is 5.30. The van der Waals surface area contributed by atoms with E-state index in [4.69, 9.17) is 10.5 Å². The van der Waals surface area contributed by atoms with Gasteiger partial charge in [0.1, 0.15) is 35.0 Å². The van der Waals surface area contributed by atoms with Crippen LogP contribution in [0, 0.1) is 23.4 Å². The number of nitrogens with two attached hydrogens (primary N) is 1. The molecular formula is C28H29F5N4O. The maximum atomic E-state index is 14.9. The number of piperidine rings is 1. The van der Waals surface area contributed by atoms with Crippen LogP contribution in [-0.2, 0) is 12.8 Å². The molecule has 0 spiro atoms. The minimum atomic E-state index is -2.83. The summed E-state index contributed by atoms with van der Waals surface area (Å²) in [6.45, 7) is 3.78. The summed E-state index contributed by atoms with van der Waals surface area (Å²) in [7, 11) is 0. The Morgan fingerprint density at radius 3 is 2.45 bits per heavy atom. The summed E-state index contributed by atoms with van der Waals surface area (Å²) in [5.41, 5.74) is 7.60. The van der Waals surface area contributed by atoms with Gasteiger partial charge in [-0.3, -0.25) is 4.98 Å². The quantitative estimate of drug-likeness (QED) is 0.396. The van der Waals surface area contributed by atoms with Gasteiger partial charge in [0.15, 0.2) is 0 Å². The summed E-state index contributed by atoms with van der Waals surface area (Å²) in [5.74, 6) is -5.64. The summed E-state index contributed by atoms with van der Waals surface area (Å²) in [5, 5.41) is 0. The molecule has 0 unspecified atom stereocenters. The molecule has 2 atom stereocenters. The number of aromatic nitrogens is 2. The van der Waals surface area contributed by atoms with Crippen molar-refractivity contribution in [1.82, 2.24) is 9.97 Å². The van der Waals surface area contributed by atoms with E-state index in [0.717, 1.165) is 49.0 Å². The van der Waals surface area contributed by atoms with Gasteiger partial charge in [0.25, 0.3) is 5.92 Å². The zero-order chi connectivity index (χ0) is 27.0. The molecule has 3 aromatic rings. The number of anilines is 1. The minimum absolute atomic E-state index is 0.0809. The standard InChI is InChI=1S/C28H29F5N4O/c1-16-8-18(34)15-37(14-16)25-6-7-35-13-17(25)2-3-19-4-5-22(29)27(36-19)26-23(30)9-20(10-24(26)31)38-21-11-28(32,33)12-21/h4-7,9-10,13,16,18,21H,2-3,8,11-12,14-15,34H2,1H3/t16-,18+/m1/s1. The molecule has 1 aliphatic carbocycles. The third-order valence-corrected chi connectivity index (χ3v) is 7.07. The molecule has 0 bridgehead atoms. The number of halogens is 5. The van der Waals surface area contributed by atoms with Gasteiger partial charge in [0.05, 0.1) is 5.56 Å². The van der Waals surface area contributed by atoms with E-state index in [1.54, 1.807) is 12.4 Å². The molecule has 38 heavy (non-hydrogen) atoms. The van der Waals surface area contributed by atoms with Gasteiger partial charge in [-0.1, -0.05) is 6.92 Å². The molecule has 0 radical (unpaired) electrons. The lowest BCUT2D eigenvalue weighted by atomic mass is 9.91. The Balaban J connectivity index is 1.34. The second-order valence-electron chi connectivity index (χ2n) is 10.4. The highest BCUT2D eigenvalue weighted by Gasteiger charge is 2.47. The lowest BCUT2D eigenvalue weighted by Crippen LogP contribution is -2.46. The SMILES string of the molecule is C[C@@H]1C[C@H](N)CN(c2ccncc2CCc2ccc(F)c(-c3c(F)cc(OC4CC(F)(F)C4)cc3F)n2)C1. The second kappa shape index (κ2) is 10.5. The van der Waals surface area contributed by atoms with Crippen LogP contribution in [0.25, 0.3) is 11.3 Å². The van der Waals surface area contributed by atoms with Crippen LogP contribution in [0.4, 0.5) is 27.6 Å². The molecule has 1 aliphatic heterocycles. The van der Waals surface area contributed by atoms with E-state index in [1.165, 1.54) is 6.07 Å². The van der Waals surface area contributed by atoms with Crippen LogP contribution in [0.5, 0.6) is 5.75 Å². The fourth-order valence-corrected chi connectivity index (χ4v) is 5.30. The van der Waals surface area contributed by atoms with E-state index in [2.05, 4.69) is 21.8 Å². The van der Waals surface area contributed by atoms with Crippen LogP contribution < -0.4 is 15.4 Å². The Labute approximate surface area is 217 Å². The Morgan fingerprint density at radius 1 is 1.03 bits per heavy atom. The number of aryl methyl sites for hydroxylation is 2. The lowest BCUT2D eigenvalue weighted by molar-refractivity contribution is -0.134. The third-order valence-electron chi connectivity index (χ3n) is 7.07. The molecule has 10 heteroatoms. The predicted molar refractivity (Wildman–Crippen MR) is 134 cm³/mol. The zero-order valence-electron chi connectivity index (χ0n) is 20.9. The van der Waals surface area contributed by atoms with Crippen molar-refractivity contribution in [3.8, 4) is 17.0 Å². The van der Waals surface area contributed by atoms with Crippen LogP contribution in [0.2, 0.25) is 0 Å². The topological polar surface area (TPSA) is 64.3 Å². The molecule has 2 N–H and O–H groups in total. The fraction of sp³-hybridized carbons (Fsp3) is 0.429. The van der Waals surface area contributed by atoms with E-state index >= 15 is 0 Å². The monoisotopic (exact) mass is 532 g/mol. The van der Waals surface area contributed by atoms with Crippen molar-refractivity contribution in [2.24, 2.45) is 11.7 Å². The maximum Gasteiger partial charge on any atom is 0.255 e. The molecular weight excluding hydrogens is 503 g/mol. The summed E-state index contributed by atoms with van der Waals surface area (Å²) >= 11 is 0. The van der Waals surface area contributed by atoms with Crippen molar-refractivity contribution in [3.05, 3.63) is 71.4 Å². The first-order chi connectivity index (χ1) is 18.1. The Kier molecular flexibility index (Phi) is 7.26. The van der Waals surface area contributed by atoms with E-state index in [9.17, 15) is 22.0 Å². The largest absolute Gasteiger partial charge is 0.490 e. The molecule has 1 saturated heterocycles. The highest BCUT2D eigenvalue weighted by Crippen LogP contribution is 2.40. The minimum Gasteiger partial charge on any atom is -0.490 e. The number of pyridine rings is 2. The Bertz CT molecular complexity index is 1280. The molecule has 1 saturated carbocycles. The van der Waals surface area contributed by atoms with Gasteiger partial charge in [-0.2, -0.15) is 0 Å². The summed E-state index contributed by atoms with van der Waals surface area (Å²) in [4.78, 5) is 10.7. The third kappa shape index (κ3) is 5.75. The number of benzene rings is 1. The van der Waals surface area contributed by atoms with Crippen molar-refractivity contribution in [3.63, 3.8) is 0 Å². The second-order valence-corrected chi connectivity index (χ2v) is 10.4. The van der Waals surface area contributed by atoms with Gasteiger partial charge < -0.3 is 15.4 Å². The highest BCUT2D eigenvalue weighted by atomic mass is 19.3. The summed E-state index contributed by atoms with van der Waals surface area (Å²) < 4.78 is 75.9. The number of ether oxygens (including phenoxy) is 1. The van der Waals surface area contributed by atoms with Gasteiger partial charge >= 0.3 is 0 Å². The van der Waals surface area contributed by atoms with E-state index in [1.807, 2.05) is 6.07 Å². The molecule has 3 heterocycles. The first-order valence-electron chi connectivity index (χ1n) is 12.7. The van der Waals surface area contributed by atoms with Gasteiger partial charge in [0.2, 0.25) is 0 Å². The first-order valence-corrected chi connectivity index (χ1v) is 12.7. The number of alkyl halides is 2. The van der Waals surface area contributed by atoms with E-state index < -0.39 is 53.6 Å². The highest BCUT2D eigenvalue weighted by molar-refractivity contribution is 5.63. The molecule has 0 amide bonds. The molecule has 202 valence electrons. The molecule has 1 aromatic carbocycles. The van der Waals surface area contributed by atoms with Crippen molar-refractivity contribution in [1.29, 1.82) is 0 Å². The zero-order valence-corrected chi connectivity index (χ0v) is 20.9. The predicted octanol–water partition coefficient (Wildman–Crippen LogP) is 5.70. The molecule has 5 rings (SSSR count). The molecule has 5 nitrogen and oxygen atoms in total. The van der Waals surface area contributed by atoms with Crippen LogP contribution >= 0.6 is 0 Å². The number of hydrogen-bond acceptors (Lipinski definition) is 5. The van der Waals surface area contributed by atoms with E-state index in [-0.39, 0.29) is 11.8 Å². The molecule has 2 fully saturated rings. The smallest absolute Gasteiger partial charge is 0.255 e. The summed E-state index contributed by atoms with van der Waals surface area (Å²) in [6.07, 6.45) is 3.54. The summed E-state index contributed by atoms with van der Waals surface area (Å²) in [6, 6.07) is 6.38. The van der Waals surface area contributed by atoms with Crippen LogP contribution in [0.3, 0.4) is 0 Å². The number of hydrogen-bond donors (Lipinski definition) is 1. The van der Waals surface area contributed by atoms with Gasteiger partial charge in [0, 0.05) is 67.9 Å². The molecule has 2 aromatic heterocycles. The van der Waals surface area contributed by atoms with Crippen molar-refractivity contribution < 1.29 is 26.7 Å². The van der Waals surface area contributed by atoms with Crippen molar-refractivity contribution in [2.75, 3.05) is 18.0 Å². The first kappa shape index (κ1) is 26.3. The maximum absolute atomic E-state index is 14.9. The van der Waals surface area contributed by atoms with Gasteiger partial charge in [-0.25, -0.2) is 26.9 Å². The average molecular weight is 533 g/mol. The van der Waals surface area contributed by atoms with Crippen LogP contribution in [0.15, 0.2) is 42.7 Å². The number of nitrogens with zero attached hydrogens (tertiary/aromatic N) is 3. The lowest BCUT2D eigenvalue weighted by Gasteiger charge is -2.37. The van der Waals surface area contributed by atoms with Gasteiger partial charge in [-0.15, -0.1) is 0 Å². The van der Waals surface area contributed by atoms with Crippen molar-refractivity contribution >= 4 is 5.69 Å². The average Bonchev–Trinajstić information content (AvgIpc) is 2.82. The van der Waals surface area contributed by atoms with Gasteiger partial charge in [-0.05, 0) is 48.9 Å². The Morgan fingerprint density at radius 2 is 1.76 bits per heavy atom. The molecule has 2 aliphatic rings. The van der Waals surface area contributed by atoms with Crippen molar-refractivity contribution in [2.45, 2.75) is 57.1 Å². The van der Waals surface area contributed by atoms with Crippen LogP contribution in [-0.4, -0.2) is 41.1 Å². The number of rotatable bonds is 7. The normalized spacial score (nSPS) is 21.3.